The molecule has 2 aromatic heterocycles. The molecule has 1 amide bonds. The smallest absolute Gasteiger partial charge is 0.242 e. The molecule has 0 saturated carbocycles. The van der Waals surface area contributed by atoms with Crippen molar-refractivity contribution in [3.63, 3.8) is 0 Å². The number of benzene rings is 1. The first-order chi connectivity index (χ1) is 13.2. The summed E-state index contributed by atoms with van der Waals surface area (Å²) < 4.78 is 3.95. The highest BCUT2D eigenvalue weighted by atomic mass is 16.2. The molecule has 1 fully saturated rings. The number of hydrogen-bond acceptors (Lipinski definition) is 3. The molecule has 3 heterocycles. The van der Waals surface area contributed by atoms with Crippen molar-refractivity contribution < 1.29 is 4.79 Å². The van der Waals surface area contributed by atoms with Crippen LogP contribution in [0.25, 0.3) is 10.9 Å². The fourth-order valence-corrected chi connectivity index (χ4v) is 3.98. The fourth-order valence-electron chi connectivity index (χ4n) is 3.98. The standard InChI is InChI=1S/C21H24N4O2/c26-20-9-13-24(19-7-2-1-6-18(19)20)15-21(27)25-11-4-3-5-17(25)8-12-23-14-10-22-16-23/h1-2,6-7,9-10,13-14,16-17H,3-5,8,11-12,15H2/t17-/m0/s1. The molecule has 0 bridgehead atoms. The second-order valence-corrected chi connectivity index (χ2v) is 7.15. The van der Waals surface area contributed by atoms with Crippen molar-refractivity contribution in [2.24, 2.45) is 0 Å². The lowest BCUT2D eigenvalue weighted by atomic mass is 9.99. The lowest BCUT2D eigenvalue weighted by molar-refractivity contribution is -0.135. The van der Waals surface area contributed by atoms with E-state index in [-0.39, 0.29) is 23.9 Å². The maximum atomic E-state index is 13.1. The van der Waals surface area contributed by atoms with Crippen LogP contribution in [0.2, 0.25) is 0 Å². The summed E-state index contributed by atoms with van der Waals surface area (Å²) >= 11 is 0. The van der Waals surface area contributed by atoms with E-state index in [0.717, 1.165) is 37.9 Å². The molecular formula is C21H24N4O2. The minimum absolute atomic E-state index is 0.00881. The average Bonchev–Trinajstić information content (AvgIpc) is 3.22. The van der Waals surface area contributed by atoms with E-state index >= 15 is 0 Å². The zero-order chi connectivity index (χ0) is 18.6. The summed E-state index contributed by atoms with van der Waals surface area (Å²) in [5.41, 5.74) is 0.802. The molecule has 0 N–H and O–H groups in total. The maximum Gasteiger partial charge on any atom is 0.242 e. The lowest BCUT2D eigenvalue weighted by Crippen LogP contribution is -2.45. The van der Waals surface area contributed by atoms with E-state index in [4.69, 9.17) is 0 Å². The SMILES string of the molecule is O=C(Cn1ccc(=O)c2ccccc21)N1CCCC[C@H]1CCn1ccnc1. The van der Waals surface area contributed by atoms with E-state index in [1.807, 2.05) is 46.3 Å². The van der Waals surface area contributed by atoms with Crippen LogP contribution < -0.4 is 5.43 Å². The number of hydrogen-bond donors (Lipinski definition) is 0. The van der Waals surface area contributed by atoms with Crippen LogP contribution in [-0.2, 0) is 17.9 Å². The van der Waals surface area contributed by atoms with Gasteiger partial charge in [-0.2, -0.15) is 0 Å². The number of pyridine rings is 1. The van der Waals surface area contributed by atoms with Crippen LogP contribution in [0.5, 0.6) is 0 Å². The minimum atomic E-state index is -0.00881. The topological polar surface area (TPSA) is 60.1 Å². The molecule has 0 spiro atoms. The predicted octanol–water partition coefficient (Wildman–Crippen LogP) is 2.67. The second kappa shape index (κ2) is 7.78. The number of piperidine rings is 1. The quantitative estimate of drug-likeness (QED) is 0.699. The summed E-state index contributed by atoms with van der Waals surface area (Å²) in [5.74, 6) is 0.124. The van der Waals surface area contributed by atoms with Crippen LogP contribution in [0, 0.1) is 0 Å². The van der Waals surface area contributed by atoms with Gasteiger partial charge in [0.05, 0.1) is 11.8 Å². The first-order valence-corrected chi connectivity index (χ1v) is 9.56. The van der Waals surface area contributed by atoms with E-state index in [2.05, 4.69) is 9.55 Å². The maximum absolute atomic E-state index is 13.1. The van der Waals surface area contributed by atoms with Crippen LogP contribution in [0.4, 0.5) is 0 Å². The summed E-state index contributed by atoms with van der Waals surface area (Å²) in [6.07, 6.45) is 11.5. The van der Waals surface area contributed by atoms with Gasteiger partial charge in [0.25, 0.3) is 0 Å². The van der Waals surface area contributed by atoms with Crippen molar-refractivity contribution in [1.82, 2.24) is 19.0 Å². The summed E-state index contributed by atoms with van der Waals surface area (Å²) in [4.78, 5) is 31.2. The van der Waals surface area contributed by atoms with E-state index < -0.39 is 0 Å². The summed E-state index contributed by atoms with van der Waals surface area (Å²) in [6.45, 7) is 1.95. The Morgan fingerprint density at radius 3 is 2.89 bits per heavy atom. The molecule has 1 aliphatic rings. The molecule has 1 aliphatic heterocycles. The summed E-state index contributed by atoms with van der Waals surface area (Å²) in [7, 11) is 0. The Morgan fingerprint density at radius 1 is 1.15 bits per heavy atom. The average molecular weight is 364 g/mol. The third kappa shape index (κ3) is 3.79. The van der Waals surface area contributed by atoms with Crippen molar-refractivity contribution in [3.05, 3.63) is 65.5 Å². The molecule has 6 nitrogen and oxygen atoms in total. The van der Waals surface area contributed by atoms with Gasteiger partial charge in [0.2, 0.25) is 5.91 Å². The Morgan fingerprint density at radius 2 is 2.04 bits per heavy atom. The van der Waals surface area contributed by atoms with Gasteiger partial charge in [-0.1, -0.05) is 12.1 Å². The number of carbonyl (C=O) groups excluding carboxylic acids is 1. The zero-order valence-corrected chi connectivity index (χ0v) is 15.3. The van der Waals surface area contributed by atoms with Gasteiger partial charge in [0.1, 0.15) is 6.54 Å². The van der Waals surface area contributed by atoms with Gasteiger partial charge >= 0.3 is 0 Å². The van der Waals surface area contributed by atoms with Gasteiger partial charge in [0, 0.05) is 49.2 Å². The van der Waals surface area contributed by atoms with Crippen molar-refractivity contribution in [2.75, 3.05) is 6.54 Å². The molecule has 1 atom stereocenters. The Bertz CT molecular complexity index is 977. The van der Waals surface area contributed by atoms with Crippen LogP contribution in [0.1, 0.15) is 25.7 Å². The number of rotatable bonds is 5. The number of amides is 1. The summed E-state index contributed by atoms with van der Waals surface area (Å²) in [6, 6.07) is 9.27. The number of para-hydroxylation sites is 1. The largest absolute Gasteiger partial charge is 0.338 e. The van der Waals surface area contributed by atoms with E-state index in [1.165, 1.54) is 6.42 Å². The van der Waals surface area contributed by atoms with Crippen LogP contribution in [-0.4, -0.2) is 37.5 Å². The number of nitrogens with zero attached hydrogens (tertiary/aromatic N) is 4. The highest BCUT2D eigenvalue weighted by molar-refractivity contribution is 5.82. The number of aromatic nitrogens is 3. The van der Waals surface area contributed by atoms with Crippen LogP contribution in [0.15, 0.2) is 60.0 Å². The van der Waals surface area contributed by atoms with Gasteiger partial charge in [-0.25, -0.2) is 4.98 Å². The normalized spacial score (nSPS) is 17.3. The lowest BCUT2D eigenvalue weighted by Gasteiger charge is -2.36. The van der Waals surface area contributed by atoms with Gasteiger partial charge in [-0.3, -0.25) is 9.59 Å². The molecule has 6 heteroatoms. The number of imidazole rings is 1. The summed E-state index contributed by atoms with van der Waals surface area (Å²) in [5, 5.41) is 0.656. The molecule has 0 unspecified atom stereocenters. The fraction of sp³-hybridized carbons (Fsp3) is 0.381. The molecule has 27 heavy (non-hydrogen) atoms. The Hall–Kier alpha value is -2.89. The van der Waals surface area contributed by atoms with Crippen LogP contribution in [0.3, 0.4) is 0 Å². The predicted molar refractivity (Wildman–Crippen MR) is 104 cm³/mol. The molecule has 3 aromatic rings. The minimum Gasteiger partial charge on any atom is -0.338 e. The van der Waals surface area contributed by atoms with Gasteiger partial charge in [-0.15, -0.1) is 0 Å². The van der Waals surface area contributed by atoms with Gasteiger partial charge in [-0.05, 0) is 37.8 Å². The molecule has 0 radical (unpaired) electrons. The molecule has 4 rings (SSSR count). The third-order valence-electron chi connectivity index (χ3n) is 5.42. The molecule has 1 saturated heterocycles. The first kappa shape index (κ1) is 17.5. The molecule has 1 aromatic carbocycles. The van der Waals surface area contributed by atoms with Crippen LogP contribution >= 0.6 is 0 Å². The Kier molecular flexibility index (Phi) is 5.05. The van der Waals surface area contributed by atoms with Crippen molar-refractivity contribution >= 4 is 16.8 Å². The van der Waals surface area contributed by atoms with Gasteiger partial charge < -0.3 is 14.0 Å². The second-order valence-electron chi connectivity index (χ2n) is 7.15. The van der Waals surface area contributed by atoms with E-state index in [9.17, 15) is 9.59 Å². The Labute approximate surface area is 158 Å². The number of aryl methyl sites for hydroxylation is 1. The molecule has 0 aliphatic carbocycles. The number of fused-ring (bicyclic) bond motifs is 1. The molecular weight excluding hydrogens is 340 g/mol. The van der Waals surface area contributed by atoms with E-state index in [1.54, 1.807) is 18.5 Å². The van der Waals surface area contributed by atoms with Crippen molar-refractivity contribution in [3.8, 4) is 0 Å². The van der Waals surface area contributed by atoms with Gasteiger partial charge in [0.15, 0.2) is 5.43 Å². The highest BCUT2D eigenvalue weighted by Gasteiger charge is 2.26. The molecule has 140 valence electrons. The highest BCUT2D eigenvalue weighted by Crippen LogP contribution is 2.21. The number of likely N-dealkylation sites (tertiary alicyclic amines) is 1. The number of carbonyl (C=O) groups is 1. The Balaban J connectivity index is 1.51. The van der Waals surface area contributed by atoms with Crippen molar-refractivity contribution in [2.45, 2.75) is 44.8 Å². The monoisotopic (exact) mass is 364 g/mol. The first-order valence-electron chi connectivity index (χ1n) is 9.56. The zero-order valence-electron chi connectivity index (χ0n) is 15.3. The van der Waals surface area contributed by atoms with Crippen molar-refractivity contribution in [1.29, 1.82) is 0 Å². The third-order valence-corrected chi connectivity index (χ3v) is 5.42. The van der Waals surface area contributed by atoms with E-state index in [0.29, 0.717) is 5.39 Å².